The summed E-state index contributed by atoms with van der Waals surface area (Å²) in [6, 6.07) is 0. The number of H-pyrrole nitrogens is 1. The van der Waals surface area contributed by atoms with Crippen molar-refractivity contribution in [1.29, 1.82) is 0 Å². The minimum Gasteiger partial charge on any atom is -0.509 e. The maximum atomic E-state index is 8.72. The maximum absolute atomic E-state index is 8.72. The zero-order valence-electron chi connectivity index (χ0n) is 7.07. The van der Waals surface area contributed by atoms with Gasteiger partial charge in [0, 0.05) is 0 Å². The van der Waals surface area contributed by atoms with Gasteiger partial charge in [-0.05, 0) is 12.2 Å². The lowest BCUT2D eigenvalue weighted by atomic mass is 10.3. The van der Waals surface area contributed by atoms with Crippen LogP contribution >= 0.6 is 0 Å². The number of allylic oxidation sites excluding steroid dienone is 3. The van der Waals surface area contributed by atoms with Gasteiger partial charge in [0.05, 0.1) is 23.9 Å². The van der Waals surface area contributed by atoms with Gasteiger partial charge in [0.2, 0.25) is 0 Å². The van der Waals surface area contributed by atoms with Crippen LogP contribution in [0.3, 0.4) is 0 Å². The first-order chi connectivity index (χ1) is 6.20. The van der Waals surface area contributed by atoms with Gasteiger partial charge in [-0.2, -0.15) is 0 Å². The molecule has 0 saturated carbocycles. The van der Waals surface area contributed by atoms with Crippen molar-refractivity contribution < 1.29 is 5.11 Å². The molecule has 4 heteroatoms. The lowest BCUT2D eigenvalue weighted by Crippen LogP contribution is -1.95. The fraction of sp³-hybridized carbons (Fsp3) is 0. The summed E-state index contributed by atoms with van der Waals surface area (Å²) >= 11 is 0. The molecule has 0 aliphatic carbocycles. The first kappa shape index (κ1) is 9.12. The maximum Gasteiger partial charge on any atom is 0.108 e. The first-order valence-electron chi connectivity index (χ1n) is 3.70. The zero-order valence-corrected chi connectivity index (χ0v) is 7.07. The molecule has 0 aromatic carbocycles. The van der Waals surface area contributed by atoms with Gasteiger partial charge in [0.15, 0.2) is 0 Å². The normalized spacial score (nSPS) is 12.2. The summed E-state index contributed by atoms with van der Waals surface area (Å²) < 4.78 is 0. The van der Waals surface area contributed by atoms with Crippen molar-refractivity contribution in [2.75, 3.05) is 0 Å². The van der Waals surface area contributed by atoms with Crippen LogP contribution in [0.5, 0.6) is 0 Å². The molecule has 0 aliphatic heterocycles. The van der Waals surface area contributed by atoms with Crippen molar-refractivity contribution in [3.8, 4) is 0 Å². The number of aromatic nitrogens is 2. The number of nitrogens with one attached hydrogen (secondary N) is 1. The van der Waals surface area contributed by atoms with E-state index in [1.165, 1.54) is 6.08 Å². The van der Waals surface area contributed by atoms with Crippen molar-refractivity contribution in [3.63, 3.8) is 0 Å². The minimum absolute atomic E-state index is 0.00587. The Morgan fingerprint density at radius 1 is 1.69 bits per heavy atom. The summed E-state index contributed by atoms with van der Waals surface area (Å²) in [6.07, 6.45) is 7.87. The van der Waals surface area contributed by atoms with Crippen LogP contribution < -0.4 is 5.73 Å². The number of aliphatic hydroxyl groups is 1. The highest BCUT2D eigenvalue weighted by atomic mass is 16.3. The number of imidazole rings is 1. The Balaban J connectivity index is 2.68. The summed E-state index contributed by atoms with van der Waals surface area (Å²) in [4.78, 5) is 6.67. The number of aromatic amines is 1. The molecule has 0 aliphatic rings. The molecule has 0 fully saturated rings. The van der Waals surface area contributed by atoms with Crippen LogP contribution in [0, 0.1) is 0 Å². The molecular weight excluding hydrogens is 166 g/mol. The quantitative estimate of drug-likeness (QED) is 0.481. The molecule has 68 valence electrons. The second-order valence-corrected chi connectivity index (χ2v) is 2.44. The van der Waals surface area contributed by atoms with Crippen LogP contribution in [0.2, 0.25) is 0 Å². The van der Waals surface area contributed by atoms with E-state index in [1.54, 1.807) is 24.7 Å². The van der Waals surface area contributed by atoms with E-state index in [2.05, 4.69) is 16.5 Å². The Morgan fingerprint density at radius 2 is 2.46 bits per heavy atom. The van der Waals surface area contributed by atoms with Gasteiger partial charge in [-0.3, -0.25) is 0 Å². The van der Waals surface area contributed by atoms with Crippen molar-refractivity contribution in [1.82, 2.24) is 9.97 Å². The highest BCUT2D eigenvalue weighted by molar-refractivity contribution is 5.60. The molecule has 1 aromatic rings. The third kappa shape index (κ3) is 2.86. The predicted octanol–water partition coefficient (Wildman–Crippen LogP) is 1.34. The molecule has 1 rings (SSSR count). The van der Waals surface area contributed by atoms with Gasteiger partial charge in [-0.1, -0.05) is 12.7 Å². The van der Waals surface area contributed by atoms with Crippen molar-refractivity contribution in [2.24, 2.45) is 5.73 Å². The molecule has 0 spiro atoms. The SMILES string of the molecule is C=C(O)/C=C\C=C(/N)c1cnc[nH]1. The van der Waals surface area contributed by atoms with Gasteiger partial charge in [0.1, 0.15) is 5.76 Å². The molecule has 1 aromatic heterocycles. The fourth-order valence-corrected chi connectivity index (χ4v) is 0.766. The van der Waals surface area contributed by atoms with Crippen LogP contribution in [0.15, 0.2) is 43.1 Å². The number of rotatable bonds is 3. The van der Waals surface area contributed by atoms with Crippen LogP contribution in [-0.2, 0) is 0 Å². The van der Waals surface area contributed by atoms with Crippen LogP contribution in [0.25, 0.3) is 5.70 Å². The van der Waals surface area contributed by atoms with E-state index in [0.29, 0.717) is 5.70 Å². The number of hydrogen-bond donors (Lipinski definition) is 3. The van der Waals surface area contributed by atoms with E-state index in [0.717, 1.165) is 5.69 Å². The first-order valence-corrected chi connectivity index (χ1v) is 3.70. The summed E-state index contributed by atoms with van der Waals surface area (Å²) in [5.74, 6) is -0.00587. The molecule has 4 N–H and O–H groups in total. The monoisotopic (exact) mass is 177 g/mol. The average Bonchev–Trinajstić information content (AvgIpc) is 2.55. The van der Waals surface area contributed by atoms with Gasteiger partial charge in [-0.25, -0.2) is 4.98 Å². The van der Waals surface area contributed by atoms with Crippen LogP contribution in [-0.4, -0.2) is 15.1 Å². The Labute approximate surface area is 76.1 Å². The van der Waals surface area contributed by atoms with Crippen LogP contribution in [0.4, 0.5) is 0 Å². The summed E-state index contributed by atoms with van der Waals surface area (Å²) in [7, 11) is 0. The number of nitrogens with zero attached hydrogens (tertiary/aromatic N) is 1. The predicted molar refractivity (Wildman–Crippen MR) is 51.7 cm³/mol. The number of aliphatic hydroxyl groups excluding tert-OH is 1. The molecule has 0 saturated heterocycles. The van der Waals surface area contributed by atoms with Gasteiger partial charge < -0.3 is 15.8 Å². The van der Waals surface area contributed by atoms with E-state index < -0.39 is 0 Å². The highest BCUT2D eigenvalue weighted by Gasteiger charge is 1.93. The third-order valence-electron chi connectivity index (χ3n) is 1.37. The highest BCUT2D eigenvalue weighted by Crippen LogP contribution is 2.02. The summed E-state index contributed by atoms with van der Waals surface area (Å²) in [6.45, 7) is 3.29. The molecule has 0 unspecified atom stereocenters. The lowest BCUT2D eigenvalue weighted by Gasteiger charge is -1.92. The molecule has 0 radical (unpaired) electrons. The average molecular weight is 177 g/mol. The summed E-state index contributed by atoms with van der Waals surface area (Å²) in [5, 5.41) is 8.72. The van der Waals surface area contributed by atoms with Crippen molar-refractivity contribution >= 4 is 5.70 Å². The van der Waals surface area contributed by atoms with Crippen molar-refractivity contribution in [2.45, 2.75) is 0 Å². The Bertz CT molecular complexity index is 336. The topological polar surface area (TPSA) is 74.9 Å². The largest absolute Gasteiger partial charge is 0.509 e. The Hall–Kier alpha value is -1.97. The van der Waals surface area contributed by atoms with E-state index in [9.17, 15) is 0 Å². The minimum atomic E-state index is -0.00587. The second-order valence-electron chi connectivity index (χ2n) is 2.44. The van der Waals surface area contributed by atoms with E-state index in [4.69, 9.17) is 10.8 Å². The molecule has 0 bridgehead atoms. The van der Waals surface area contributed by atoms with Gasteiger partial charge in [0.25, 0.3) is 0 Å². The number of hydrogen-bond acceptors (Lipinski definition) is 3. The third-order valence-corrected chi connectivity index (χ3v) is 1.37. The lowest BCUT2D eigenvalue weighted by molar-refractivity contribution is 0.435. The fourth-order valence-electron chi connectivity index (χ4n) is 0.766. The molecule has 0 atom stereocenters. The number of nitrogens with two attached hydrogens (primary N) is 1. The molecule has 13 heavy (non-hydrogen) atoms. The standard InChI is InChI=1S/C9H11N3O/c1-7(13)3-2-4-8(10)9-5-11-6-12-9/h2-6,13H,1,10H2,(H,11,12)/b3-2-,8-4-. The van der Waals surface area contributed by atoms with Gasteiger partial charge in [-0.15, -0.1) is 0 Å². The molecule has 0 amide bonds. The molecule has 1 heterocycles. The zero-order chi connectivity index (χ0) is 9.68. The van der Waals surface area contributed by atoms with E-state index in [1.807, 2.05) is 0 Å². The smallest absolute Gasteiger partial charge is 0.108 e. The Morgan fingerprint density at radius 3 is 3.00 bits per heavy atom. The Kier molecular flexibility index (Phi) is 2.92. The van der Waals surface area contributed by atoms with Crippen molar-refractivity contribution in [3.05, 3.63) is 48.8 Å². The van der Waals surface area contributed by atoms with Crippen LogP contribution in [0.1, 0.15) is 5.69 Å². The molecular formula is C9H11N3O. The van der Waals surface area contributed by atoms with Gasteiger partial charge >= 0.3 is 0 Å². The van der Waals surface area contributed by atoms with E-state index >= 15 is 0 Å². The second kappa shape index (κ2) is 4.15. The van der Waals surface area contributed by atoms with E-state index in [-0.39, 0.29) is 5.76 Å². The molecule has 4 nitrogen and oxygen atoms in total. The summed E-state index contributed by atoms with van der Waals surface area (Å²) in [5.41, 5.74) is 6.95.